The van der Waals surface area contributed by atoms with Crippen molar-refractivity contribution in [2.45, 2.75) is 58.8 Å². The van der Waals surface area contributed by atoms with Crippen molar-refractivity contribution in [2.24, 2.45) is 0 Å². The first-order valence-electron chi connectivity index (χ1n) is 5.79. The quantitative estimate of drug-likeness (QED) is 0.743. The van der Waals surface area contributed by atoms with Gasteiger partial charge in [0.05, 0.1) is 5.60 Å². The summed E-state index contributed by atoms with van der Waals surface area (Å²) in [5.41, 5.74) is -1.72. The van der Waals surface area contributed by atoms with Crippen LogP contribution in [0.2, 0.25) is 0 Å². The molecule has 0 saturated carbocycles. The summed E-state index contributed by atoms with van der Waals surface area (Å²) in [5, 5.41) is 11.7. The van der Waals surface area contributed by atoms with Gasteiger partial charge in [0.2, 0.25) is 0 Å². The van der Waals surface area contributed by atoms with E-state index in [1.807, 2.05) is 0 Å². The highest BCUT2D eigenvalue weighted by molar-refractivity contribution is 5.81. The number of nitrogens with one attached hydrogen (secondary N) is 1. The number of alkyl carbamates (subject to hydrolysis) is 1. The number of aliphatic hydroxyl groups is 1. The van der Waals surface area contributed by atoms with E-state index in [0.717, 1.165) is 0 Å². The van der Waals surface area contributed by atoms with Crippen LogP contribution < -0.4 is 5.32 Å². The maximum absolute atomic E-state index is 11.5. The number of hydrogen-bond acceptors (Lipinski definition) is 5. The van der Waals surface area contributed by atoms with Gasteiger partial charge in [0.15, 0.2) is 0 Å². The SMILES string of the molecule is C[C@H](NC(=O)OC(C)(C)C)C(=O)OCC(C)(C)O. The van der Waals surface area contributed by atoms with Gasteiger partial charge in [0.25, 0.3) is 0 Å². The topological polar surface area (TPSA) is 84.9 Å². The van der Waals surface area contributed by atoms with Gasteiger partial charge < -0.3 is 19.9 Å². The average Bonchev–Trinajstić information content (AvgIpc) is 2.09. The van der Waals surface area contributed by atoms with Crippen LogP contribution in [0.3, 0.4) is 0 Å². The second-order valence-electron chi connectivity index (χ2n) is 5.79. The van der Waals surface area contributed by atoms with Crippen LogP contribution in [0.4, 0.5) is 4.79 Å². The fraction of sp³-hybridized carbons (Fsp3) is 0.833. The molecule has 0 fully saturated rings. The maximum Gasteiger partial charge on any atom is 0.408 e. The van der Waals surface area contributed by atoms with E-state index in [9.17, 15) is 14.7 Å². The summed E-state index contributed by atoms with van der Waals surface area (Å²) in [6, 6.07) is -0.831. The lowest BCUT2D eigenvalue weighted by Crippen LogP contribution is -2.43. The summed E-state index contributed by atoms with van der Waals surface area (Å²) >= 11 is 0. The van der Waals surface area contributed by atoms with E-state index in [1.165, 1.54) is 20.8 Å². The molecule has 1 atom stereocenters. The standard InChI is InChI=1S/C12H23NO5/c1-8(9(14)17-7-12(5,6)16)13-10(15)18-11(2,3)4/h8,16H,7H2,1-6H3,(H,13,15)/t8-/m0/s1. The molecule has 0 saturated heterocycles. The van der Waals surface area contributed by atoms with Crippen LogP contribution in [0.1, 0.15) is 41.5 Å². The normalized spacial score (nSPS) is 13.7. The van der Waals surface area contributed by atoms with E-state index in [-0.39, 0.29) is 6.61 Å². The Morgan fingerprint density at radius 3 is 2.11 bits per heavy atom. The van der Waals surface area contributed by atoms with E-state index in [4.69, 9.17) is 9.47 Å². The van der Waals surface area contributed by atoms with Gasteiger partial charge in [-0.15, -0.1) is 0 Å². The molecule has 0 rings (SSSR count). The highest BCUT2D eigenvalue weighted by atomic mass is 16.6. The minimum Gasteiger partial charge on any atom is -0.461 e. The molecule has 0 heterocycles. The van der Waals surface area contributed by atoms with Crippen molar-refractivity contribution >= 4 is 12.1 Å². The molecule has 0 bridgehead atoms. The average molecular weight is 261 g/mol. The Balaban J connectivity index is 4.13. The third-order valence-electron chi connectivity index (χ3n) is 1.65. The molecule has 6 nitrogen and oxygen atoms in total. The minimum absolute atomic E-state index is 0.133. The van der Waals surface area contributed by atoms with Crippen molar-refractivity contribution < 1.29 is 24.2 Å². The van der Waals surface area contributed by atoms with Crippen LogP contribution in [-0.2, 0) is 14.3 Å². The maximum atomic E-state index is 11.5. The molecule has 0 aromatic heterocycles. The Morgan fingerprint density at radius 2 is 1.72 bits per heavy atom. The Hall–Kier alpha value is -1.30. The fourth-order valence-corrected chi connectivity index (χ4v) is 0.916. The number of esters is 1. The highest BCUT2D eigenvalue weighted by Gasteiger charge is 2.23. The summed E-state index contributed by atoms with van der Waals surface area (Å²) in [6.07, 6.45) is -0.685. The molecular weight excluding hydrogens is 238 g/mol. The molecule has 0 spiro atoms. The van der Waals surface area contributed by atoms with Gasteiger partial charge in [0, 0.05) is 0 Å². The Bertz CT molecular complexity index is 301. The number of carbonyl (C=O) groups is 2. The van der Waals surface area contributed by atoms with E-state index in [0.29, 0.717) is 0 Å². The van der Waals surface area contributed by atoms with E-state index >= 15 is 0 Å². The van der Waals surface area contributed by atoms with Gasteiger partial charge in [-0.3, -0.25) is 0 Å². The zero-order chi connectivity index (χ0) is 14.6. The highest BCUT2D eigenvalue weighted by Crippen LogP contribution is 2.07. The number of hydrogen-bond donors (Lipinski definition) is 2. The van der Waals surface area contributed by atoms with Gasteiger partial charge in [-0.2, -0.15) is 0 Å². The largest absolute Gasteiger partial charge is 0.461 e. The molecule has 6 heteroatoms. The van der Waals surface area contributed by atoms with Crippen LogP contribution in [0.15, 0.2) is 0 Å². The summed E-state index contributed by atoms with van der Waals surface area (Å²) in [7, 11) is 0. The predicted molar refractivity (Wildman–Crippen MR) is 66.1 cm³/mol. The Morgan fingerprint density at radius 1 is 1.22 bits per heavy atom. The molecule has 18 heavy (non-hydrogen) atoms. The molecule has 0 aliphatic heterocycles. The van der Waals surface area contributed by atoms with Gasteiger partial charge in [-0.25, -0.2) is 9.59 Å². The van der Waals surface area contributed by atoms with E-state index in [2.05, 4.69) is 5.32 Å². The zero-order valence-corrected chi connectivity index (χ0v) is 11.9. The van der Waals surface area contributed by atoms with Crippen LogP contribution in [0.25, 0.3) is 0 Å². The molecule has 0 aromatic carbocycles. The van der Waals surface area contributed by atoms with Gasteiger partial charge >= 0.3 is 12.1 Å². The van der Waals surface area contributed by atoms with Gasteiger partial charge in [-0.1, -0.05) is 0 Å². The molecule has 106 valence electrons. The van der Waals surface area contributed by atoms with E-state index < -0.39 is 29.3 Å². The van der Waals surface area contributed by atoms with Crippen molar-refractivity contribution in [1.82, 2.24) is 5.32 Å². The van der Waals surface area contributed by atoms with Crippen molar-refractivity contribution in [1.29, 1.82) is 0 Å². The smallest absolute Gasteiger partial charge is 0.408 e. The Kier molecular flexibility index (Phi) is 5.60. The lowest BCUT2D eigenvalue weighted by Gasteiger charge is -2.22. The first-order valence-corrected chi connectivity index (χ1v) is 5.79. The lowest BCUT2D eigenvalue weighted by molar-refractivity contribution is -0.151. The van der Waals surface area contributed by atoms with Crippen LogP contribution in [-0.4, -0.2) is 41.0 Å². The van der Waals surface area contributed by atoms with Crippen molar-refractivity contribution in [3.05, 3.63) is 0 Å². The molecule has 0 aliphatic rings. The van der Waals surface area contributed by atoms with Crippen LogP contribution in [0, 0.1) is 0 Å². The lowest BCUT2D eigenvalue weighted by atomic mass is 10.2. The molecule has 0 unspecified atom stereocenters. The first-order chi connectivity index (χ1) is 7.91. The van der Waals surface area contributed by atoms with Crippen molar-refractivity contribution in [3.8, 4) is 0 Å². The summed E-state index contributed by atoms with van der Waals surface area (Å²) in [4.78, 5) is 22.9. The van der Waals surface area contributed by atoms with Gasteiger partial charge in [0.1, 0.15) is 18.2 Å². The number of amides is 1. The number of rotatable bonds is 4. The van der Waals surface area contributed by atoms with Crippen molar-refractivity contribution in [3.63, 3.8) is 0 Å². The van der Waals surface area contributed by atoms with Crippen molar-refractivity contribution in [2.75, 3.05) is 6.61 Å². The summed E-state index contributed by atoms with van der Waals surface area (Å²) in [6.45, 7) is 9.57. The van der Waals surface area contributed by atoms with Crippen LogP contribution >= 0.6 is 0 Å². The zero-order valence-electron chi connectivity index (χ0n) is 11.9. The van der Waals surface area contributed by atoms with Crippen LogP contribution in [0.5, 0.6) is 0 Å². The second-order valence-corrected chi connectivity index (χ2v) is 5.79. The minimum atomic E-state index is -1.10. The molecule has 2 N–H and O–H groups in total. The van der Waals surface area contributed by atoms with Gasteiger partial charge in [-0.05, 0) is 41.5 Å². The fourth-order valence-electron chi connectivity index (χ4n) is 0.916. The molecule has 0 aromatic rings. The molecule has 0 radical (unpaired) electrons. The second kappa shape index (κ2) is 6.04. The molecular formula is C12H23NO5. The summed E-state index contributed by atoms with van der Waals surface area (Å²) < 4.78 is 9.84. The third kappa shape index (κ3) is 8.81. The predicted octanol–water partition coefficient (Wildman–Crippen LogP) is 1.21. The summed E-state index contributed by atoms with van der Waals surface area (Å²) in [5.74, 6) is -0.622. The third-order valence-corrected chi connectivity index (χ3v) is 1.65. The number of carbonyl (C=O) groups excluding carboxylic acids is 2. The first kappa shape index (κ1) is 16.7. The molecule has 0 aliphatic carbocycles. The Labute approximate surface area is 108 Å². The van der Waals surface area contributed by atoms with E-state index in [1.54, 1.807) is 20.8 Å². The number of ether oxygens (including phenoxy) is 2. The monoisotopic (exact) mass is 261 g/mol. The molecule has 1 amide bonds.